The van der Waals surface area contributed by atoms with Gasteiger partial charge in [-0.25, -0.2) is 14.4 Å². The monoisotopic (exact) mass is 301 g/mol. The van der Waals surface area contributed by atoms with Crippen molar-refractivity contribution in [3.05, 3.63) is 24.5 Å². The normalized spacial score (nSPS) is 22.2. The van der Waals surface area contributed by atoms with Gasteiger partial charge in [0.05, 0.1) is 17.1 Å². The number of halogens is 1. The minimum absolute atomic E-state index is 0.422. The Morgan fingerprint density at radius 1 is 1.36 bits per heavy atom. The molecule has 1 aliphatic rings. The molecular weight excluding hydrogens is 285 g/mol. The fourth-order valence-electron chi connectivity index (χ4n) is 2.88. The van der Waals surface area contributed by atoms with E-state index < -0.39 is 12.3 Å². The third kappa shape index (κ3) is 2.14. The van der Waals surface area contributed by atoms with Crippen LogP contribution in [0.5, 0.6) is 5.75 Å². The van der Waals surface area contributed by atoms with Crippen molar-refractivity contribution >= 4 is 27.8 Å². The van der Waals surface area contributed by atoms with Crippen LogP contribution in [0.2, 0.25) is 0 Å². The Bertz CT molecular complexity index is 833. The number of hydrogen-bond donors (Lipinski definition) is 3. The highest BCUT2D eigenvalue weighted by Crippen LogP contribution is 2.33. The summed E-state index contributed by atoms with van der Waals surface area (Å²) in [5.41, 5.74) is 7.28. The van der Waals surface area contributed by atoms with Crippen molar-refractivity contribution in [1.82, 2.24) is 20.3 Å². The van der Waals surface area contributed by atoms with E-state index >= 15 is 0 Å². The minimum Gasteiger partial charge on any atom is -0.485 e. The average molecular weight is 301 g/mol. The molecule has 114 valence electrons. The van der Waals surface area contributed by atoms with Crippen molar-refractivity contribution in [2.75, 3.05) is 18.8 Å². The Kier molecular flexibility index (Phi) is 3.07. The van der Waals surface area contributed by atoms with E-state index in [0.29, 0.717) is 36.7 Å². The number of piperidine rings is 1. The summed E-state index contributed by atoms with van der Waals surface area (Å²) < 4.78 is 19.9. The number of nitrogens with zero attached hydrogens (tertiary/aromatic N) is 2. The van der Waals surface area contributed by atoms with Gasteiger partial charge < -0.3 is 20.8 Å². The predicted octanol–water partition coefficient (Wildman–Crippen LogP) is 1.77. The number of aromatic amines is 1. The molecule has 1 aliphatic heterocycles. The van der Waals surface area contributed by atoms with Gasteiger partial charge in [-0.15, -0.1) is 0 Å². The molecule has 3 aromatic rings. The lowest BCUT2D eigenvalue weighted by Gasteiger charge is -2.27. The molecular formula is C15H16FN5O. The van der Waals surface area contributed by atoms with Gasteiger partial charge in [-0.1, -0.05) is 0 Å². The molecule has 1 saturated heterocycles. The van der Waals surface area contributed by atoms with Crippen LogP contribution >= 0.6 is 0 Å². The molecule has 0 amide bonds. The van der Waals surface area contributed by atoms with E-state index in [1.807, 2.05) is 0 Å². The number of hydrogen-bond acceptors (Lipinski definition) is 5. The van der Waals surface area contributed by atoms with E-state index in [2.05, 4.69) is 20.3 Å². The largest absolute Gasteiger partial charge is 0.485 e. The van der Waals surface area contributed by atoms with Gasteiger partial charge in [0.15, 0.2) is 0 Å². The summed E-state index contributed by atoms with van der Waals surface area (Å²) in [5.74, 6) is 1.03. The van der Waals surface area contributed by atoms with Gasteiger partial charge in [0.1, 0.15) is 29.5 Å². The summed E-state index contributed by atoms with van der Waals surface area (Å²) >= 11 is 0. The summed E-state index contributed by atoms with van der Waals surface area (Å²) in [6.07, 6.45) is 2.30. The van der Waals surface area contributed by atoms with E-state index in [0.717, 1.165) is 16.3 Å². The maximum Gasteiger partial charge on any atom is 0.142 e. The highest BCUT2D eigenvalue weighted by molar-refractivity contribution is 6.09. The maximum atomic E-state index is 14.0. The zero-order valence-electron chi connectivity index (χ0n) is 11.8. The SMILES string of the molecule is Nc1cc2c(cn1)[nH]c1nccc(O[C@H]3CNCC[C@H]3F)c12. The number of nitrogens with one attached hydrogen (secondary N) is 2. The molecule has 1 fully saturated rings. The predicted molar refractivity (Wildman–Crippen MR) is 82.6 cm³/mol. The van der Waals surface area contributed by atoms with Crippen LogP contribution in [0.3, 0.4) is 0 Å². The second-order valence-electron chi connectivity index (χ2n) is 5.48. The zero-order chi connectivity index (χ0) is 15.1. The smallest absolute Gasteiger partial charge is 0.142 e. The number of pyridine rings is 2. The van der Waals surface area contributed by atoms with Gasteiger partial charge in [-0.3, -0.25) is 0 Å². The van der Waals surface area contributed by atoms with Gasteiger partial charge in [0, 0.05) is 18.1 Å². The lowest BCUT2D eigenvalue weighted by atomic mass is 10.1. The molecule has 0 unspecified atom stereocenters. The molecule has 22 heavy (non-hydrogen) atoms. The molecule has 4 N–H and O–H groups in total. The molecule has 4 rings (SSSR count). The first-order chi connectivity index (χ1) is 10.7. The summed E-state index contributed by atoms with van der Waals surface area (Å²) in [6, 6.07) is 3.53. The first kappa shape index (κ1) is 13.3. The number of nitrogens with two attached hydrogens (primary N) is 1. The number of H-pyrrole nitrogens is 1. The van der Waals surface area contributed by atoms with Crippen molar-refractivity contribution in [3.8, 4) is 5.75 Å². The zero-order valence-corrected chi connectivity index (χ0v) is 11.8. The third-order valence-electron chi connectivity index (χ3n) is 3.98. The van der Waals surface area contributed by atoms with Crippen LogP contribution in [-0.4, -0.2) is 40.3 Å². The molecule has 0 saturated carbocycles. The Hall–Kier alpha value is -2.41. The van der Waals surface area contributed by atoms with Gasteiger partial charge in [-0.05, 0) is 25.1 Å². The van der Waals surface area contributed by atoms with Crippen molar-refractivity contribution in [3.63, 3.8) is 0 Å². The summed E-state index contributed by atoms with van der Waals surface area (Å²) in [6.45, 7) is 1.18. The number of fused-ring (bicyclic) bond motifs is 3. The number of nitrogen functional groups attached to an aromatic ring is 1. The fraction of sp³-hybridized carbons (Fsp3) is 0.333. The molecule has 7 heteroatoms. The van der Waals surface area contributed by atoms with Gasteiger partial charge in [0.2, 0.25) is 0 Å². The highest BCUT2D eigenvalue weighted by Gasteiger charge is 2.27. The van der Waals surface area contributed by atoms with Crippen LogP contribution < -0.4 is 15.8 Å². The molecule has 0 aliphatic carbocycles. The van der Waals surface area contributed by atoms with Gasteiger partial charge >= 0.3 is 0 Å². The summed E-state index contributed by atoms with van der Waals surface area (Å²) in [5, 5.41) is 4.84. The van der Waals surface area contributed by atoms with E-state index in [-0.39, 0.29) is 0 Å². The molecule has 0 radical (unpaired) electrons. The fourth-order valence-corrected chi connectivity index (χ4v) is 2.88. The Labute approximate surface area is 125 Å². The molecule has 6 nitrogen and oxygen atoms in total. The second-order valence-corrected chi connectivity index (χ2v) is 5.48. The van der Waals surface area contributed by atoms with Crippen LogP contribution in [0, 0.1) is 0 Å². The minimum atomic E-state index is -0.971. The van der Waals surface area contributed by atoms with Crippen LogP contribution in [-0.2, 0) is 0 Å². The van der Waals surface area contributed by atoms with Crippen LogP contribution in [0.25, 0.3) is 21.9 Å². The van der Waals surface area contributed by atoms with Crippen molar-refractivity contribution in [2.45, 2.75) is 18.7 Å². The van der Waals surface area contributed by atoms with E-state index in [9.17, 15) is 4.39 Å². The third-order valence-corrected chi connectivity index (χ3v) is 3.98. The summed E-state index contributed by atoms with van der Waals surface area (Å²) in [4.78, 5) is 11.6. The van der Waals surface area contributed by atoms with E-state index in [1.54, 1.807) is 24.5 Å². The molecule has 4 heterocycles. The van der Waals surface area contributed by atoms with Crippen molar-refractivity contribution < 1.29 is 9.13 Å². The first-order valence-corrected chi connectivity index (χ1v) is 7.26. The van der Waals surface area contributed by atoms with Crippen LogP contribution in [0.4, 0.5) is 10.2 Å². The Balaban J connectivity index is 1.82. The molecule has 2 atom stereocenters. The molecule has 0 bridgehead atoms. The second kappa shape index (κ2) is 5.10. The molecule has 0 spiro atoms. The maximum absolute atomic E-state index is 14.0. The average Bonchev–Trinajstić information content (AvgIpc) is 2.88. The van der Waals surface area contributed by atoms with E-state index in [4.69, 9.17) is 10.5 Å². The van der Waals surface area contributed by atoms with Crippen molar-refractivity contribution in [2.24, 2.45) is 0 Å². The van der Waals surface area contributed by atoms with Gasteiger partial charge in [0.25, 0.3) is 0 Å². The topological polar surface area (TPSA) is 88.9 Å². The van der Waals surface area contributed by atoms with Crippen molar-refractivity contribution in [1.29, 1.82) is 0 Å². The molecule has 3 aromatic heterocycles. The number of alkyl halides is 1. The summed E-state index contributed by atoms with van der Waals surface area (Å²) in [7, 11) is 0. The van der Waals surface area contributed by atoms with Gasteiger partial charge in [-0.2, -0.15) is 0 Å². The van der Waals surface area contributed by atoms with Crippen LogP contribution in [0.15, 0.2) is 24.5 Å². The molecule has 0 aromatic carbocycles. The number of anilines is 1. The lowest BCUT2D eigenvalue weighted by Crippen LogP contribution is -2.45. The number of aromatic nitrogens is 3. The van der Waals surface area contributed by atoms with E-state index in [1.165, 1.54) is 0 Å². The quantitative estimate of drug-likeness (QED) is 0.671. The van der Waals surface area contributed by atoms with Crippen LogP contribution in [0.1, 0.15) is 6.42 Å². The Morgan fingerprint density at radius 3 is 3.14 bits per heavy atom. The number of rotatable bonds is 2. The Morgan fingerprint density at radius 2 is 2.27 bits per heavy atom. The first-order valence-electron chi connectivity index (χ1n) is 7.26. The number of ether oxygens (including phenoxy) is 1. The lowest BCUT2D eigenvalue weighted by molar-refractivity contribution is 0.0758. The standard InChI is InChI=1S/C15H16FN5O/c16-9-1-3-18-7-12(9)22-11-2-4-19-15-14(11)8-5-13(17)20-6-10(8)21-15/h2,4-6,9,12,18H,1,3,7H2,(H2,17,20)(H,19,21)/t9-,12+/m1/s1. The highest BCUT2D eigenvalue weighted by atomic mass is 19.1.